The van der Waals surface area contributed by atoms with E-state index in [4.69, 9.17) is 9.47 Å². The van der Waals surface area contributed by atoms with E-state index in [9.17, 15) is 9.59 Å². The van der Waals surface area contributed by atoms with Gasteiger partial charge in [-0.25, -0.2) is 4.79 Å². The molecule has 1 amide bonds. The van der Waals surface area contributed by atoms with Crippen LogP contribution >= 0.6 is 0 Å². The van der Waals surface area contributed by atoms with E-state index in [0.29, 0.717) is 5.75 Å². The van der Waals surface area contributed by atoms with E-state index in [-0.39, 0.29) is 18.6 Å². The van der Waals surface area contributed by atoms with Gasteiger partial charge in [0.25, 0.3) is 5.91 Å². The van der Waals surface area contributed by atoms with Crippen LogP contribution in [0.15, 0.2) is 30.3 Å². The van der Waals surface area contributed by atoms with Gasteiger partial charge in [0.15, 0.2) is 6.61 Å². The summed E-state index contributed by atoms with van der Waals surface area (Å²) in [7, 11) is 1.58. The largest absolute Gasteiger partial charge is 0.497 e. The maximum Gasteiger partial charge on any atom is 0.331 e. The van der Waals surface area contributed by atoms with Gasteiger partial charge < -0.3 is 14.8 Å². The molecule has 0 aliphatic rings. The topological polar surface area (TPSA) is 64.6 Å². The summed E-state index contributed by atoms with van der Waals surface area (Å²) in [6.07, 6.45) is 4.79. The number of amides is 1. The molecule has 0 saturated heterocycles. The molecule has 0 radical (unpaired) electrons. The van der Waals surface area contributed by atoms with E-state index < -0.39 is 5.97 Å². The third-order valence-electron chi connectivity index (χ3n) is 2.98. The molecule has 0 spiro atoms. The van der Waals surface area contributed by atoms with Crippen molar-refractivity contribution in [3.05, 3.63) is 35.9 Å². The van der Waals surface area contributed by atoms with Crippen molar-refractivity contribution in [1.29, 1.82) is 0 Å². The standard InChI is InChI=1S/C17H23NO4/c1-4-6-13(2)18-16(19)12-22-17(20)10-9-14-7-5-8-15(11-14)21-3/h5,7-11,13H,4,6,12H2,1-3H3,(H,18,19)/b10-9+. The summed E-state index contributed by atoms with van der Waals surface area (Å²) >= 11 is 0. The number of methoxy groups -OCH3 is 1. The van der Waals surface area contributed by atoms with Gasteiger partial charge in [-0.1, -0.05) is 25.5 Å². The van der Waals surface area contributed by atoms with Gasteiger partial charge in [-0.15, -0.1) is 0 Å². The van der Waals surface area contributed by atoms with Crippen LogP contribution in [0.5, 0.6) is 5.75 Å². The summed E-state index contributed by atoms with van der Waals surface area (Å²) in [4.78, 5) is 23.1. The van der Waals surface area contributed by atoms with Crippen molar-refractivity contribution < 1.29 is 19.1 Å². The molecule has 1 atom stereocenters. The fourth-order valence-corrected chi connectivity index (χ4v) is 1.92. The minimum Gasteiger partial charge on any atom is -0.497 e. The molecule has 0 saturated carbocycles. The zero-order valence-electron chi connectivity index (χ0n) is 13.3. The number of rotatable bonds is 8. The average molecular weight is 305 g/mol. The van der Waals surface area contributed by atoms with Crippen LogP contribution in [0.3, 0.4) is 0 Å². The lowest BCUT2D eigenvalue weighted by Gasteiger charge is -2.12. The van der Waals surface area contributed by atoms with E-state index in [2.05, 4.69) is 5.32 Å². The zero-order valence-corrected chi connectivity index (χ0v) is 13.3. The molecule has 0 aromatic heterocycles. The molecule has 120 valence electrons. The number of esters is 1. The van der Waals surface area contributed by atoms with Gasteiger partial charge in [0.1, 0.15) is 5.75 Å². The molecule has 1 rings (SSSR count). The highest BCUT2D eigenvalue weighted by molar-refractivity contribution is 5.89. The molecule has 1 unspecified atom stereocenters. The number of hydrogen-bond donors (Lipinski definition) is 1. The smallest absolute Gasteiger partial charge is 0.331 e. The fourth-order valence-electron chi connectivity index (χ4n) is 1.92. The molecule has 0 bridgehead atoms. The van der Waals surface area contributed by atoms with Crippen molar-refractivity contribution in [2.24, 2.45) is 0 Å². The zero-order chi connectivity index (χ0) is 16.4. The highest BCUT2D eigenvalue weighted by Crippen LogP contribution is 2.13. The van der Waals surface area contributed by atoms with Crippen LogP contribution in [0.1, 0.15) is 32.3 Å². The Labute approximate surface area is 131 Å². The predicted molar refractivity (Wildman–Crippen MR) is 85.5 cm³/mol. The second-order valence-electron chi connectivity index (χ2n) is 4.97. The van der Waals surface area contributed by atoms with Gasteiger partial charge in [0, 0.05) is 12.1 Å². The van der Waals surface area contributed by atoms with Crippen molar-refractivity contribution in [3.8, 4) is 5.75 Å². The highest BCUT2D eigenvalue weighted by Gasteiger charge is 2.08. The fraction of sp³-hybridized carbons (Fsp3) is 0.412. The van der Waals surface area contributed by atoms with Crippen molar-refractivity contribution >= 4 is 18.0 Å². The van der Waals surface area contributed by atoms with Crippen LogP contribution < -0.4 is 10.1 Å². The summed E-state index contributed by atoms with van der Waals surface area (Å²) < 4.78 is 9.99. The molecule has 1 aromatic carbocycles. The molecular formula is C17H23NO4. The van der Waals surface area contributed by atoms with E-state index >= 15 is 0 Å². The normalized spacial score (nSPS) is 12.0. The Morgan fingerprint density at radius 2 is 2.14 bits per heavy atom. The Balaban J connectivity index is 2.39. The number of hydrogen-bond acceptors (Lipinski definition) is 4. The third kappa shape index (κ3) is 6.92. The van der Waals surface area contributed by atoms with Crippen molar-refractivity contribution in [2.45, 2.75) is 32.7 Å². The monoisotopic (exact) mass is 305 g/mol. The highest BCUT2D eigenvalue weighted by atomic mass is 16.5. The van der Waals surface area contributed by atoms with Crippen LogP contribution in [-0.4, -0.2) is 31.6 Å². The second-order valence-corrected chi connectivity index (χ2v) is 4.97. The van der Waals surface area contributed by atoms with E-state index in [1.165, 1.54) is 6.08 Å². The molecule has 5 nitrogen and oxygen atoms in total. The van der Waals surface area contributed by atoms with Crippen LogP contribution in [0, 0.1) is 0 Å². The Kier molecular flexibility index (Phi) is 7.75. The van der Waals surface area contributed by atoms with Gasteiger partial charge in [-0.05, 0) is 37.1 Å². The van der Waals surface area contributed by atoms with Gasteiger partial charge in [-0.3, -0.25) is 4.79 Å². The molecule has 1 aromatic rings. The third-order valence-corrected chi connectivity index (χ3v) is 2.98. The first-order valence-corrected chi connectivity index (χ1v) is 7.33. The Hall–Kier alpha value is -2.30. The number of ether oxygens (including phenoxy) is 2. The molecule has 0 heterocycles. The quantitative estimate of drug-likeness (QED) is 0.592. The summed E-state index contributed by atoms with van der Waals surface area (Å²) in [6, 6.07) is 7.36. The molecule has 1 N–H and O–H groups in total. The number of carbonyl (C=O) groups is 2. The molecule has 0 fully saturated rings. The van der Waals surface area contributed by atoms with E-state index in [0.717, 1.165) is 18.4 Å². The maximum atomic E-state index is 11.6. The summed E-state index contributed by atoms with van der Waals surface area (Å²) in [5.74, 6) is -0.134. The van der Waals surface area contributed by atoms with Crippen LogP contribution in [0.4, 0.5) is 0 Å². The van der Waals surface area contributed by atoms with Crippen molar-refractivity contribution in [3.63, 3.8) is 0 Å². The first-order valence-electron chi connectivity index (χ1n) is 7.33. The van der Waals surface area contributed by atoms with Crippen LogP contribution in [-0.2, 0) is 14.3 Å². The van der Waals surface area contributed by atoms with Gasteiger partial charge in [0.2, 0.25) is 0 Å². The predicted octanol–water partition coefficient (Wildman–Crippen LogP) is 2.56. The molecule has 5 heteroatoms. The Morgan fingerprint density at radius 3 is 2.82 bits per heavy atom. The summed E-state index contributed by atoms with van der Waals surface area (Å²) in [5, 5.41) is 2.77. The Bertz CT molecular complexity index is 525. The molecule has 0 aliphatic carbocycles. The minimum absolute atomic E-state index is 0.0866. The number of nitrogens with one attached hydrogen (secondary N) is 1. The molecule has 22 heavy (non-hydrogen) atoms. The van der Waals surface area contributed by atoms with Gasteiger partial charge in [-0.2, -0.15) is 0 Å². The van der Waals surface area contributed by atoms with Crippen molar-refractivity contribution in [1.82, 2.24) is 5.32 Å². The lowest BCUT2D eigenvalue weighted by atomic mass is 10.2. The first-order chi connectivity index (χ1) is 10.5. The maximum absolute atomic E-state index is 11.6. The number of benzene rings is 1. The minimum atomic E-state index is -0.555. The lowest BCUT2D eigenvalue weighted by molar-refractivity contribution is -0.144. The SMILES string of the molecule is CCCC(C)NC(=O)COC(=O)/C=C/c1cccc(OC)c1. The molecular weight excluding hydrogens is 282 g/mol. The van der Waals surface area contributed by atoms with Gasteiger partial charge >= 0.3 is 5.97 Å². The van der Waals surface area contributed by atoms with Gasteiger partial charge in [0.05, 0.1) is 7.11 Å². The van der Waals surface area contributed by atoms with Crippen LogP contribution in [0.2, 0.25) is 0 Å². The van der Waals surface area contributed by atoms with Crippen molar-refractivity contribution in [2.75, 3.05) is 13.7 Å². The number of carbonyl (C=O) groups excluding carboxylic acids is 2. The van der Waals surface area contributed by atoms with Crippen LogP contribution in [0.25, 0.3) is 6.08 Å². The first kappa shape index (κ1) is 17.8. The summed E-state index contributed by atoms with van der Waals surface area (Å²) in [6.45, 7) is 3.70. The molecule has 0 aliphatic heterocycles. The van der Waals surface area contributed by atoms with E-state index in [1.807, 2.05) is 32.0 Å². The van der Waals surface area contributed by atoms with E-state index in [1.54, 1.807) is 19.3 Å². The summed E-state index contributed by atoms with van der Waals surface area (Å²) in [5.41, 5.74) is 0.817. The lowest BCUT2D eigenvalue weighted by Crippen LogP contribution is -2.35. The second kappa shape index (κ2) is 9.60. The Morgan fingerprint density at radius 1 is 1.36 bits per heavy atom. The average Bonchev–Trinajstić information content (AvgIpc) is 2.51.